The number of nitrogens with zero attached hydrogens (tertiary/aromatic N) is 3. The molecule has 0 spiro atoms. The highest BCUT2D eigenvalue weighted by atomic mass is 35.5. The first-order valence-electron chi connectivity index (χ1n) is 16.9. The second-order valence-corrected chi connectivity index (χ2v) is 12.9. The summed E-state index contributed by atoms with van der Waals surface area (Å²) in [5.41, 5.74) is 5.83. The zero-order chi connectivity index (χ0) is 35.9. The van der Waals surface area contributed by atoms with E-state index >= 15 is 0 Å². The summed E-state index contributed by atoms with van der Waals surface area (Å²) in [5.74, 6) is 0.769. The number of carbonyl (C=O) groups is 3. The van der Waals surface area contributed by atoms with Crippen molar-refractivity contribution in [2.45, 2.75) is 57.8 Å². The van der Waals surface area contributed by atoms with Gasteiger partial charge in [0.2, 0.25) is 17.7 Å². The van der Waals surface area contributed by atoms with E-state index in [0.29, 0.717) is 78.3 Å². The summed E-state index contributed by atoms with van der Waals surface area (Å²) in [6.45, 7) is 4.19. The molecule has 2 saturated heterocycles. The van der Waals surface area contributed by atoms with Crippen LogP contribution in [-0.2, 0) is 22.7 Å². The van der Waals surface area contributed by atoms with Crippen LogP contribution in [0.3, 0.4) is 0 Å². The number of anilines is 1. The number of halogens is 1. The van der Waals surface area contributed by atoms with Gasteiger partial charge in [-0.25, -0.2) is 4.98 Å². The van der Waals surface area contributed by atoms with Crippen molar-refractivity contribution in [3.63, 3.8) is 0 Å². The largest absolute Gasteiger partial charge is 0.496 e. The van der Waals surface area contributed by atoms with Crippen LogP contribution in [0.4, 0.5) is 5.69 Å². The van der Waals surface area contributed by atoms with Crippen LogP contribution in [0.5, 0.6) is 11.6 Å². The first-order valence-corrected chi connectivity index (χ1v) is 17.2. The number of amides is 3. The highest BCUT2D eigenvalue weighted by Crippen LogP contribution is 2.38. The van der Waals surface area contributed by atoms with Crippen LogP contribution in [0.15, 0.2) is 54.9 Å². The van der Waals surface area contributed by atoms with E-state index in [9.17, 15) is 14.4 Å². The van der Waals surface area contributed by atoms with Gasteiger partial charge in [0.15, 0.2) is 0 Å². The van der Waals surface area contributed by atoms with Crippen molar-refractivity contribution in [3.8, 4) is 34.1 Å². The third-order valence-corrected chi connectivity index (χ3v) is 9.50. The molecule has 5 N–H and O–H groups in total. The molecule has 6 rings (SSSR count). The molecule has 0 radical (unpaired) electrons. The summed E-state index contributed by atoms with van der Waals surface area (Å²) in [6, 6.07) is 13.0. The molecule has 13 nitrogen and oxygen atoms in total. The van der Waals surface area contributed by atoms with E-state index in [1.54, 1.807) is 38.7 Å². The van der Waals surface area contributed by atoms with Gasteiger partial charge in [-0.05, 0) is 43.5 Å². The van der Waals surface area contributed by atoms with Gasteiger partial charge in [0, 0.05) is 97.5 Å². The number of hydrogen-bond acceptors (Lipinski definition) is 10. The fourth-order valence-corrected chi connectivity index (χ4v) is 6.62. The maximum atomic E-state index is 13.4. The van der Waals surface area contributed by atoms with Gasteiger partial charge in [-0.2, -0.15) is 0 Å². The molecule has 2 aliphatic heterocycles. The van der Waals surface area contributed by atoms with Crippen molar-refractivity contribution in [2.24, 2.45) is 0 Å². The highest BCUT2D eigenvalue weighted by molar-refractivity contribution is 6.35. The van der Waals surface area contributed by atoms with E-state index in [4.69, 9.17) is 26.1 Å². The SMILES string of the molecule is COc1cc(C(=O)Nc2cccc(-c3nccc(-c4ccc(CNCC5CCC(=O)N5)c(OC)n4)c3Cl)c2C)ncc1CNCC1CCC(=O)N1. The lowest BCUT2D eigenvalue weighted by molar-refractivity contribution is -0.120. The van der Waals surface area contributed by atoms with E-state index in [0.717, 1.165) is 35.1 Å². The lowest BCUT2D eigenvalue weighted by Gasteiger charge is -2.16. The molecule has 51 heavy (non-hydrogen) atoms. The summed E-state index contributed by atoms with van der Waals surface area (Å²) in [6.07, 6.45) is 6.03. The van der Waals surface area contributed by atoms with Gasteiger partial charge in [-0.15, -0.1) is 0 Å². The normalized spacial score (nSPS) is 16.9. The molecule has 2 aliphatic rings. The van der Waals surface area contributed by atoms with E-state index in [1.807, 2.05) is 37.3 Å². The minimum absolute atomic E-state index is 0.0725. The van der Waals surface area contributed by atoms with Crippen LogP contribution in [0.25, 0.3) is 22.5 Å². The molecule has 3 amide bonds. The highest BCUT2D eigenvalue weighted by Gasteiger charge is 2.22. The number of pyridine rings is 3. The van der Waals surface area contributed by atoms with Crippen molar-refractivity contribution in [1.82, 2.24) is 36.2 Å². The quantitative estimate of drug-likeness (QED) is 0.128. The molecule has 0 aliphatic carbocycles. The Balaban J connectivity index is 1.15. The Labute approximate surface area is 301 Å². The van der Waals surface area contributed by atoms with Crippen molar-refractivity contribution in [2.75, 3.05) is 32.6 Å². The summed E-state index contributed by atoms with van der Waals surface area (Å²) in [5, 5.41) is 16.0. The third-order valence-electron chi connectivity index (χ3n) is 9.11. The maximum Gasteiger partial charge on any atom is 0.274 e. The van der Waals surface area contributed by atoms with Crippen molar-refractivity contribution >= 4 is 35.0 Å². The smallest absolute Gasteiger partial charge is 0.274 e. The average Bonchev–Trinajstić information content (AvgIpc) is 3.76. The van der Waals surface area contributed by atoms with Gasteiger partial charge >= 0.3 is 0 Å². The summed E-state index contributed by atoms with van der Waals surface area (Å²) >= 11 is 7.01. The number of methoxy groups -OCH3 is 2. The maximum absolute atomic E-state index is 13.4. The predicted molar refractivity (Wildman–Crippen MR) is 194 cm³/mol. The Morgan fingerprint density at radius 3 is 2.25 bits per heavy atom. The topological polar surface area (TPSA) is 168 Å². The molecule has 0 saturated carbocycles. The standard InChI is InChI=1S/C37H41ClN8O5/c1-21-26(5-4-6-28(21)45-36(49)30-15-31(50-2)23(18-42-30)17-40-20-25-9-12-33(48)44-25)35-34(38)27(13-14-41-35)29-10-7-22(37(46-29)51-3)16-39-19-24-8-11-32(47)43-24/h4-7,10,13-15,18,24-25,39-40H,8-9,11-12,16-17,19-20H2,1-3H3,(H,43,47)(H,44,48)(H,45,49). The molecule has 4 aromatic rings. The van der Waals surface area contributed by atoms with Crippen LogP contribution < -0.4 is 36.1 Å². The van der Waals surface area contributed by atoms with Gasteiger partial charge in [-0.3, -0.25) is 24.4 Å². The first-order chi connectivity index (χ1) is 24.7. The second-order valence-electron chi connectivity index (χ2n) is 12.6. The van der Waals surface area contributed by atoms with Crippen LogP contribution in [-0.4, -0.2) is 72.1 Å². The molecule has 3 aromatic heterocycles. The molecule has 1 aromatic carbocycles. The Bertz CT molecular complexity index is 1940. The van der Waals surface area contributed by atoms with Crippen LogP contribution >= 0.6 is 11.6 Å². The Kier molecular flexibility index (Phi) is 11.4. The fraction of sp³-hybridized carbons (Fsp3) is 0.351. The third kappa shape index (κ3) is 8.44. The van der Waals surface area contributed by atoms with Crippen LogP contribution in [0.2, 0.25) is 5.02 Å². The molecule has 0 bridgehead atoms. The Morgan fingerprint density at radius 1 is 0.902 bits per heavy atom. The molecule has 266 valence electrons. The predicted octanol–water partition coefficient (Wildman–Crippen LogP) is 4.17. The average molecular weight is 713 g/mol. The fourth-order valence-electron chi connectivity index (χ4n) is 6.31. The van der Waals surface area contributed by atoms with Gasteiger partial charge in [-0.1, -0.05) is 29.8 Å². The minimum atomic E-state index is -0.395. The Hall–Kier alpha value is -5.11. The molecular formula is C37H41ClN8O5. The van der Waals surface area contributed by atoms with Gasteiger partial charge in [0.25, 0.3) is 5.91 Å². The van der Waals surface area contributed by atoms with E-state index < -0.39 is 5.91 Å². The monoisotopic (exact) mass is 712 g/mol. The molecule has 5 heterocycles. The number of aromatic nitrogens is 3. The lowest BCUT2D eigenvalue weighted by Crippen LogP contribution is -2.35. The minimum Gasteiger partial charge on any atom is -0.496 e. The molecular weight excluding hydrogens is 672 g/mol. The number of carbonyl (C=O) groups excluding carboxylic acids is 3. The summed E-state index contributed by atoms with van der Waals surface area (Å²) in [7, 11) is 3.13. The van der Waals surface area contributed by atoms with Gasteiger partial charge in [0.1, 0.15) is 11.4 Å². The van der Waals surface area contributed by atoms with E-state index in [1.165, 1.54) is 0 Å². The Morgan fingerprint density at radius 2 is 1.61 bits per heavy atom. The van der Waals surface area contributed by atoms with E-state index in [2.05, 4.69) is 36.6 Å². The van der Waals surface area contributed by atoms with Crippen molar-refractivity contribution < 1.29 is 23.9 Å². The first kappa shape index (κ1) is 35.7. The number of hydrogen-bond donors (Lipinski definition) is 5. The number of nitrogens with one attached hydrogen (secondary N) is 5. The molecule has 2 fully saturated rings. The van der Waals surface area contributed by atoms with Crippen LogP contribution in [0.1, 0.15) is 52.9 Å². The van der Waals surface area contributed by atoms with Gasteiger partial charge < -0.3 is 36.1 Å². The zero-order valence-electron chi connectivity index (χ0n) is 28.8. The van der Waals surface area contributed by atoms with Crippen molar-refractivity contribution in [1.29, 1.82) is 0 Å². The summed E-state index contributed by atoms with van der Waals surface area (Å²) in [4.78, 5) is 50.1. The number of rotatable bonds is 14. The van der Waals surface area contributed by atoms with E-state index in [-0.39, 0.29) is 29.6 Å². The second kappa shape index (κ2) is 16.3. The summed E-state index contributed by atoms with van der Waals surface area (Å²) < 4.78 is 11.2. The number of ether oxygens (including phenoxy) is 2. The van der Waals surface area contributed by atoms with Crippen molar-refractivity contribution in [3.05, 3.63) is 82.3 Å². The molecule has 14 heteroatoms. The molecule has 2 unspecified atom stereocenters. The van der Waals surface area contributed by atoms with Gasteiger partial charge in [0.05, 0.1) is 30.6 Å². The number of benzene rings is 1. The molecule has 2 atom stereocenters. The lowest BCUT2D eigenvalue weighted by atomic mass is 10.0. The van der Waals surface area contributed by atoms with Crippen LogP contribution in [0, 0.1) is 6.92 Å². The zero-order valence-corrected chi connectivity index (χ0v) is 29.5.